The molecule has 2 heterocycles. The fourth-order valence-corrected chi connectivity index (χ4v) is 4.78. The van der Waals surface area contributed by atoms with Crippen LogP contribution in [0.15, 0.2) is 27.7 Å². The Morgan fingerprint density at radius 2 is 2.12 bits per heavy atom. The first-order valence-electron chi connectivity index (χ1n) is 7.53. The van der Waals surface area contributed by atoms with E-state index in [4.69, 9.17) is 27.6 Å². The molecule has 0 saturated heterocycles. The zero-order valence-corrected chi connectivity index (χ0v) is 16.0. The molecule has 2 aromatic heterocycles. The van der Waals surface area contributed by atoms with E-state index in [0.717, 1.165) is 0 Å². The Morgan fingerprint density at radius 3 is 2.67 bits per heavy atom. The van der Waals surface area contributed by atoms with Crippen LogP contribution in [0.5, 0.6) is 0 Å². The summed E-state index contributed by atoms with van der Waals surface area (Å²) in [6.07, 6.45) is 2.21. The van der Waals surface area contributed by atoms with Crippen LogP contribution in [0.2, 0.25) is 0 Å². The molecule has 132 valence electrons. The Bertz CT molecular complexity index is 844. The first-order chi connectivity index (χ1) is 11.1. The van der Waals surface area contributed by atoms with Crippen LogP contribution in [-0.4, -0.2) is 33.9 Å². The molecule has 0 bridgehead atoms. The molecule has 1 aliphatic carbocycles. The second-order valence-corrected chi connectivity index (χ2v) is 9.71. The summed E-state index contributed by atoms with van der Waals surface area (Å²) >= 11 is 12.1. The van der Waals surface area contributed by atoms with Crippen molar-refractivity contribution < 1.29 is 12.8 Å². The third kappa shape index (κ3) is 3.22. The molecule has 0 amide bonds. The summed E-state index contributed by atoms with van der Waals surface area (Å²) in [5, 5.41) is 4.37. The van der Waals surface area contributed by atoms with Crippen molar-refractivity contribution in [2.75, 3.05) is 7.05 Å². The summed E-state index contributed by atoms with van der Waals surface area (Å²) in [5.74, 6) is 0.672. The van der Waals surface area contributed by atoms with Crippen molar-refractivity contribution in [3.8, 4) is 0 Å². The number of hydrogen-bond acceptors (Lipinski definition) is 4. The Hall–Kier alpha value is -1.02. The summed E-state index contributed by atoms with van der Waals surface area (Å²) < 4.78 is 33.3. The van der Waals surface area contributed by atoms with Crippen molar-refractivity contribution in [2.24, 2.45) is 5.92 Å². The van der Waals surface area contributed by atoms with Gasteiger partial charge in [-0.05, 0) is 32.4 Å². The van der Waals surface area contributed by atoms with Gasteiger partial charge < -0.3 is 4.42 Å². The van der Waals surface area contributed by atoms with Gasteiger partial charge in [0.1, 0.15) is 15.0 Å². The quantitative estimate of drug-likeness (QED) is 0.709. The van der Waals surface area contributed by atoms with Crippen LogP contribution in [0.1, 0.15) is 23.6 Å². The van der Waals surface area contributed by atoms with Gasteiger partial charge in [0, 0.05) is 19.5 Å². The maximum absolute atomic E-state index is 12.9. The van der Waals surface area contributed by atoms with E-state index < -0.39 is 14.4 Å². The topological polar surface area (TPSA) is 68.3 Å². The van der Waals surface area contributed by atoms with Crippen LogP contribution in [0, 0.1) is 19.8 Å². The molecule has 1 saturated carbocycles. The summed E-state index contributed by atoms with van der Waals surface area (Å²) in [5.41, 5.74) is 1.06. The number of aromatic nitrogens is 2. The molecule has 0 aliphatic heterocycles. The lowest BCUT2D eigenvalue weighted by Crippen LogP contribution is -2.27. The van der Waals surface area contributed by atoms with Gasteiger partial charge in [0.15, 0.2) is 0 Å². The third-order valence-electron chi connectivity index (χ3n) is 4.29. The summed E-state index contributed by atoms with van der Waals surface area (Å²) in [6.45, 7) is 4.12. The Balaban J connectivity index is 1.86. The van der Waals surface area contributed by atoms with Gasteiger partial charge in [-0.3, -0.25) is 4.68 Å². The number of alkyl halides is 2. The van der Waals surface area contributed by atoms with Crippen molar-refractivity contribution in [3.05, 3.63) is 35.5 Å². The second kappa shape index (κ2) is 6.05. The van der Waals surface area contributed by atoms with Crippen molar-refractivity contribution in [2.45, 2.75) is 42.6 Å². The van der Waals surface area contributed by atoms with E-state index in [2.05, 4.69) is 5.10 Å². The lowest BCUT2D eigenvalue weighted by molar-refractivity contribution is 0.405. The number of furan rings is 1. The van der Waals surface area contributed by atoms with Crippen LogP contribution in [0.4, 0.5) is 0 Å². The molecule has 1 atom stereocenters. The number of halogens is 2. The average molecular weight is 392 g/mol. The molecule has 2 aromatic rings. The smallest absolute Gasteiger partial charge is 0.246 e. The van der Waals surface area contributed by atoms with Crippen LogP contribution < -0.4 is 0 Å². The largest absolute Gasteiger partial charge is 0.468 e. The maximum atomic E-state index is 12.9. The lowest BCUT2D eigenvalue weighted by Gasteiger charge is -2.16. The van der Waals surface area contributed by atoms with Gasteiger partial charge in [-0.25, -0.2) is 8.42 Å². The number of hydrogen-bond donors (Lipinski definition) is 0. The molecule has 0 radical (unpaired) electrons. The zero-order chi connectivity index (χ0) is 17.7. The highest BCUT2D eigenvalue weighted by Gasteiger charge is 2.52. The molecule has 6 nitrogen and oxygen atoms in total. The van der Waals surface area contributed by atoms with Crippen molar-refractivity contribution in [1.29, 1.82) is 0 Å². The van der Waals surface area contributed by atoms with Gasteiger partial charge in [-0.2, -0.15) is 9.40 Å². The van der Waals surface area contributed by atoms with E-state index >= 15 is 0 Å². The highest BCUT2D eigenvalue weighted by Crippen LogP contribution is 2.54. The summed E-state index contributed by atoms with van der Waals surface area (Å²) in [6, 6.07) is 3.47. The second-order valence-electron chi connectivity index (χ2n) is 6.18. The molecule has 0 spiro atoms. The highest BCUT2D eigenvalue weighted by atomic mass is 35.5. The van der Waals surface area contributed by atoms with Gasteiger partial charge in [-0.15, -0.1) is 23.2 Å². The first kappa shape index (κ1) is 17.8. The summed E-state index contributed by atoms with van der Waals surface area (Å²) in [4.78, 5) is 0.229. The minimum Gasteiger partial charge on any atom is -0.468 e. The van der Waals surface area contributed by atoms with Gasteiger partial charge in [0.05, 0.1) is 24.2 Å². The third-order valence-corrected chi connectivity index (χ3v) is 7.27. The van der Waals surface area contributed by atoms with Gasteiger partial charge in [-0.1, -0.05) is 0 Å². The normalized spacial score (nSPS) is 19.8. The van der Waals surface area contributed by atoms with Crippen LogP contribution in [0.3, 0.4) is 0 Å². The number of aryl methyl sites for hydroxylation is 1. The molecular formula is C15H19Cl2N3O3S. The van der Waals surface area contributed by atoms with Crippen LogP contribution >= 0.6 is 23.2 Å². The minimum atomic E-state index is -3.68. The van der Waals surface area contributed by atoms with Gasteiger partial charge in [0.2, 0.25) is 10.0 Å². The molecular weight excluding hydrogens is 373 g/mol. The van der Waals surface area contributed by atoms with Crippen LogP contribution in [0.25, 0.3) is 0 Å². The molecule has 0 unspecified atom stereocenters. The standard InChI is InChI=1S/C15H19Cl2N3O3S/c1-10-14(11(2)20(18-10)8-12-7-15(12,16)17)24(21,22)19(3)9-13-5-4-6-23-13/h4-6,12H,7-9H2,1-3H3/t12-/m0/s1. The lowest BCUT2D eigenvalue weighted by atomic mass is 10.4. The fourth-order valence-electron chi connectivity index (χ4n) is 2.77. The summed E-state index contributed by atoms with van der Waals surface area (Å²) in [7, 11) is -2.15. The fraction of sp³-hybridized carbons (Fsp3) is 0.533. The molecule has 1 fully saturated rings. The molecule has 3 rings (SSSR count). The molecule has 0 N–H and O–H groups in total. The monoisotopic (exact) mass is 391 g/mol. The van der Waals surface area contributed by atoms with E-state index in [1.807, 2.05) is 0 Å². The Morgan fingerprint density at radius 1 is 1.46 bits per heavy atom. The molecule has 0 aromatic carbocycles. The Labute approximate surface area is 151 Å². The first-order valence-corrected chi connectivity index (χ1v) is 9.73. The number of nitrogens with zero attached hydrogens (tertiary/aromatic N) is 3. The van der Waals surface area contributed by atoms with Crippen molar-refractivity contribution in [3.63, 3.8) is 0 Å². The minimum absolute atomic E-state index is 0.0928. The average Bonchev–Trinajstić information content (AvgIpc) is 2.82. The van der Waals surface area contributed by atoms with E-state index in [9.17, 15) is 8.42 Å². The van der Waals surface area contributed by atoms with E-state index in [1.54, 1.807) is 30.7 Å². The zero-order valence-electron chi connectivity index (χ0n) is 13.7. The number of sulfonamides is 1. The van der Waals surface area contributed by atoms with Crippen molar-refractivity contribution in [1.82, 2.24) is 14.1 Å². The predicted octanol–water partition coefficient (Wildman–Crippen LogP) is 3.11. The van der Waals surface area contributed by atoms with Gasteiger partial charge in [0.25, 0.3) is 0 Å². The van der Waals surface area contributed by atoms with E-state index in [0.29, 0.717) is 30.1 Å². The van der Waals surface area contributed by atoms with Crippen molar-refractivity contribution >= 4 is 33.2 Å². The highest BCUT2D eigenvalue weighted by molar-refractivity contribution is 7.89. The predicted molar refractivity (Wildman–Crippen MR) is 91.6 cm³/mol. The van der Waals surface area contributed by atoms with E-state index in [-0.39, 0.29) is 17.4 Å². The Kier molecular flexibility index (Phi) is 4.49. The molecule has 9 heteroatoms. The van der Waals surface area contributed by atoms with Crippen LogP contribution in [-0.2, 0) is 23.1 Å². The SMILES string of the molecule is Cc1nn(C[C@@H]2CC2(Cl)Cl)c(C)c1S(=O)(=O)N(C)Cc1ccco1. The molecule has 24 heavy (non-hydrogen) atoms. The van der Waals surface area contributed by atoms with E-state index in [1.165, 1.54) is 17.6 Å². The van der Waals surface area contributed by atoms with Gasteiger partial charge >= 0.3 is 0 Å². The number of rotatable bonds is 6. The maximum Gasteiger partial charge on any atom is 0.246 e. The molecule has 1 aliphatic rings.